The van der Waals surface area contributed by atoms with E-state index in [0.29, 0.717) is 0 Å². The van der Waals surface area contributed by atoms with Gasteiger partial charge in [0.25, 0.3) is 0 Å². The highest BCUT2D eigenvalue weighted by Crippen LogP contribution is 2.25. The lowest BCUT2D eigenvalue weighted by Gasteiger charge is -2.16. The van der Waals surface area contributed by atoms with E-state index >= 15 is 0 Å². The van der Waals surface area contributed by atoms with Gasteiger partial charge >= 0.3 is 5.97 Å². The van der Waals surface area contributed by atoms with Crippen LogP contribution in [0, 0.1) is 5.92 Å². The maximum Gasteiger partial charge on any atom is 0.306 e. The van der Waals surface area contributed by atoms with Crippen molar-refractivity contribution in [3.63, 3.8) is 0 Å². The van der Waals surface area contributed by atoms with E-state index in [1.165, 1.54) is 38.5 Å². The molecule has 0 aromatic carbocycles. The molecule has 0 aliphatic heterocycles. The molecule has 1 aliphatic carbocycles. The van der Waals surface area contributed by atoms with Crippen molar-refractivity contribution in [1.29, 1.82) is 0 Å². The minimum Gasteiger partial charge on any atom is -0.481 e. The molecule has 0 radical (unpaired) electrons. The summed E-state index contributed by atoms with van der Waals surface area (Å²) >= 11 is 0. The highest BCUT2D eigenvalue weighted by atomic mass is 16.4. The second-order valence-electron chi connectivity index (χ2n) is 5.42. The van der Waals surface area contributed by atoms with Crippen LogP contribution in [0.1, 0.15) is 64.2 Å². The fourth-order valence-corrected chi connectivity index (χ4v) is 2.66. The van der Waals surface area contributed by atoms with Crippen LogP contribution in [0.15, 0.2) is 0 Å². The number of carbonyl (C=O) groups is 1. The van der Waals surface area contributed by atoms with Crippen LogP contribution in [0.25, 0.3) is 0 Å². The number of hydrogen-bond donors (Lipinski definition) is 1. The Balaban J connectivity index is 2.37. The summed E-state index contributed by atoms with van der Waals surface area (Å²) in [4.78, 5) is 11.1. The zero-order chi connectivity index (χ0) is 11.8. The van der Waals surface area contributed by atoms with E-state index in [1.54, 1.807) is 0 Å². The number of carboxylic acid groups (broad SMARTS) is 1. The Morgan fingerprint density at radius 2 is 1.38 bits per heavy atom. The minimum atomic E-state index is -0.579. The van der Waals surface area contributed by atoms with Crippen molar-refractivity contribution in [1.82, 2.24) is 0 Å². The lowest BCUT2D eigenvalue weighted by Crippen LogP contribution is -2.14. The van der Waals surface area contributed by atoms with Gasteiger partial charge < -0.3 is 5.11 Å². The molecule has 0 saturated heterocycles. The van der Waals surface area contributed by atoms with Gasteiger partial charge in [-0.15, -0.1) is 0 Å². The summed E-state index contributed by atoms with van der Waals surface area (Å²) in [5, 5.41) is 9.11. The van der Waals surface area contributed by atoms with Gasteiger partial charge in [0.1, 0.15) is 7.85 Å². The van der Waals surface area contributed by atoms with E-state index in [2.05, 4.69) is 7.85 Å². The van der Waals surface area contributed by atoms with Crippen LogP contribution in [0.4, 0.5) is 0 Å². The third-order valence-electron chi connectivity index (χ3n) is 3.85. The summed E-state index contributed by atoms with van der Waals surface area (Å²) in [5.41, 5.74) is 0. The largest absolute Gasteiger partial charge is 0.481 e. The van der Waals surface area contributed by atoms with Crippen molar-refractivity contribution in [2.75, 3.05) is 0 Å². The molecular formula is C13H25BO2. The summed E-state index contributed by atoms with van der Waals surface area (Å²) in [6, 6.07) is 0. The fraction of sp³-hybridized carbons (Fsp3) is 0.923. The van der Waals surface area contributed by atoms with Crippen LogP contribution in [0.3, 0.4) is 0 Å². The average Bonchev–Trinajstić information content (AvgIpc) is 2.22. The molecule has 1 saturated carbocycles. The summed E-state index contributed by atoms with van der Waals surface area (Å²) < 4.78 is 0. The zero-order valence-electron chi connectivity index (χ0n) is 10.6. The minimum absolute atomic E-state index is 0.0772. The molecular weight excluding hydrogens is 199 g/mol. The van der Waals surface area contributed by atoms with E-state index in [0.717, 1.165) is 31.5 Å². The second kappa shape index (κ2) is 7.75. The van der Waals surface area contributed by atoms with E-state index in [9.17, 15) is 4.79 Å². The molecule has 2 nitrogen and oxygen atoms in total. The molecule has 16 heavy (non-hydrogen) atoms. The number of rotatable bonds is 1. The van der Waals surface area contributed by atoms with Gasteiger partial charge in [-0.1, -0.05) is 57.2 Å². The van der Waals surface area contributed by atoms with Crippen LogP contribution < -0.4 is 0 Å². The smallest absolute Gasteiger partial charge is 0.306 e. The summed E-state index contributed by atoms with van der Waals surface area (Å²) in [6.07, 6.45) is 11.7. The lowest BCUT2D eigenvalue weighted by atomic mass is 9.78. The molecule has 1 rings (SSSR count). The van der Waals surface area contributed by atoms with Gasteiger partial charge in [-0.3, -0.25) is 4.79 Å². The van der Waals surface area contributed by atoms with Crippen LogP contribution in [0.2, 0.25) is 5.82 Å². The fourth-order valence-electron chi connectivity index (χ4n) is 2.66. The van der Waals surface area contributed by atoms with E-state index in [4.69, 9.17) is 5.11 Å². The third kappa shape index (κ3) is 5.57. The Morgan fingerprint density at radius 1 is 0.875 bits per heavy atom. The lowest BCUT2D eigenvalue weighted by molar-refractivity contribution is -0.142. The van der Waals surface area contributed by atoms with Gasteiger partial charge in [0.05, 0.1) is 5.92 Å². The van der Waals surface area contributed by atoms with Crippen LogP contribution in [0.5, 0.6) is 0 Å². The second-order valence-corrected chi connectivity index (χ2v) is 5.42. The molecule has 0 amide bonds. The van der Waals surface area contributed by atoms with Crippen molar-refractivity contribution >= 4 is 13.8 Å². The molecule has 0 bridgehead atoms. The first kappa shape index (κ1) is 13.6. The van der Waals surface area contributed by atoms with Crippen molar-refractivity contribution in [2.24, 2.45) is 5.92 Å². The van der Waals surface area contributed by atoms with Gasteiger partial charge in [-0.2, -0.15) is 0 Å². The molecule has 2 unspecified atom stereocenters. The highest BCUT2D eigenvalue weighted by molar-refractivity contribution is 6.11. The Labute approximate surface area is 100 Å². The first-order valence-corrected chi connectivity index (χ1v) is 6.93. The topological polar surface area (TPSA) is 37.3 Å². The molecule has 92 valence electrons. The van der Waals surface area contributed by atoms with Crippen LogP contribution in [-0.2, 0) is 4.79 Å². The maximum atomic E-state index is 11.1. The Bertz CT molecular complexity index is 206. The number of carboxylic acids is 1. The molecule has 0 aromatic heterocycles. The predicted molar refractivity (Wildman–Crippen MR) is 69.6 cm³/mol. The van der Waals surface area contributed by atoms with Gasteiger partial charge in [0.2, 0.25) is 0 Å². The van der Waals surface area contributed by atoms with E-state index < -0.39 is 5.97 Å². The molecule has 0 aromatic rings. The molecule has 2 atom stereocenters. The monoisotopic (exact) mass is 224 g/mol. The SMILES string of the molecule is BC1CCCCCCCC(C(=O)O)CCC1. The molecule has 1 aliphatic rings. The van der Waals surface area contributed by atoms with Crippen molar-refractivity contribution in [3.05, 3.63) is 0 Å². The number of aliphatic carboxylic acids is 1. The van der Waals surface area contributed by atoms with E-state index in [-0.39, 0.29) is 5.92 Å². The summed E-state index contributed by atoms with van der Waals surface area (Å²) in [7, 11) is 2.31. The standard InChI is InChI=1S/C13H25BO2/c14-12-9-5-3-1-2-4-7-11(13(15)16)8-6-10-12/h11-12H,1-10,14H2,(H,15,16). The van der Waals surface area contributed by atoms with Gasteiger partial charge in [-0.25, -0.2) is 0 Å². The van der Waals surface area contributed by atoms with Crippen molar-refractivity contribution in [2.45, 2.75) is 70.0 Å². The number of hydrogen-bond acceptors (Lipinski definition) is 1. The summed E-state index contributed by atoms with van der Waals surface area (Å²) in [6.45, 7) is 0. The molecule has 0 spiro atoms. The third-order valence-corrected chi connectivity index (χ3v) is 3.85. The molecule has 1 N–H and O–H groups in total. The highest BCUT2D eigenvalue weighted by Gasteiger charge is 2.17. The summed E-state index contributed by atoms with van der Waals surface area (Å²) in [5.74, 6) is 0.130. The van der Waals surface area contributed by atoms with Crippen molar-refractivity contribution < 1.29 is 9.90 Å². The van der Waals surface area contributed by atoms with E-state index in [1.807, 2.05) is 0 Å². The van der Waals surface area contributed by atoms with Gasteiger partial charge in [0, 0.05) is 0 Å². The predicted octanol–water partition coefficient (Wildman–Crippen LogP) is 3.02. The van der Waals surface area contributed by atoms with Crippen molar-refractivity contribution in [3.8, 4) is 0 Å². The normalized spacial score (nSPS) is 30.0. The molecule has 0 heterocycles. The molecule has 1 fully saturated rings. The van der Waals surface area contributed by atoms with Gasteiger partial charge in [-0.05, 0) is 12.8 Å². The van der Waals surface area contributed by atoms with Crippen LogP contribution in [-0.4, -0.2) is 18.9 Å². The molecule has 3 heteroatoms. The maximum absolute atomic E-state index is 11.1. The quantitative estimate of drug-likeness (QED) is 0.695. The Morgan fingerprint density at radius 3 is 2.06 bits per heavy atom. The first-order valence-electron chi connectivity index (χ1n) is 6.93. The first-order chi connectivity index (χ1) is 7.70. The van der Waals surface area contributed by atoms with Gasteiger partial charge in [0.15, 0.2) is 0 Å². The zero-order valence-corrected chi connectivity index (χ0v) is 10.6. The Kier molecular flexibility index (Phi) is 6.59. The van der Waals surface area contributed by atoms with Crippen LogP contribution >= 0.6 is 0 Å². The average molecular weight is 224 g/mol. The Hall–Kier alpha value is -0.465.